The molecular weight excluding hydrogens is 462 g/mol. The minimum atomic E-state index is -0.765. The van der Waals surface area contributed by atoms with Gasteiger partial charge in [-0.25, -0.2) is 13.8 Å². The summed E-state index contributed by atoms with van der Waals surface area (Å²) in [5.41, 5.74) is 3.25. The summed E-state index contributed by atoms with van der Waals surface area (Å²) in [6.45, 7) is 8.08. The van der Waals surface area contributed by atoms with Crippen LogP contribution in [0.15, 0.2) is 65.7 Å². The molecule has 0 amide bonds. The Morgan fingerprint density at radius 2 is 2.06 bits per heavy atom. The molecule has 0 aliphatic carbocycles. The Labute approximate surface area is 199 Å². The van der Waals surface area contributed by atoms with Gasteiger partial charge >= 0.3 is 0 Å². The number of allylic oxidation sites excluding steroid dienone is 1. The lowest BCUT2D eigenvalue weighted by molar-refractivity contribution is 0.200. The third-order valence-corrected chi connectivity index (χ3v) is 6.72. The van der Waals surface area contributed by atoms with E-state index in [1.54, 1.807) is 24.3 Å². The molecule has 0 bridgehead atoms. The standard InChI is InChI=1S/C24H22F2N4OS2/c1-4-10-30-22(16(3)31-21-9-8-18(25)12-20(21)26)28-29-24(30)33-14-19-13-32-23(27-19)17-7-5-6-15(2)11-17/h4-9,11-13,16H,1,10,14H2,2-3H3. The fourth-order valence-electron chi connectivity index (χ4n) is 3.24. The number of thioether (sulfide) groups is 1. The van der Waals surface area contributed by atoms with Crippen LogP contribution in [0.3, 0.4) is 0 Å². The van der Waals surface area contributed by atoms with Crippen LogP contribution in [0.4, 0.5) is 8.78 Å². The van der Waals surface area contributed by atoms with E-state index in [0.29, 0.717) is 23.3 Å². The number of thiazole rings is 1. The van der Waals surface area contributed by atoms with Crippen molar-refractivity contribution in [2.24, 2.45) is 0 Å². The zero-order valence-electron chi connectivity index (χ0n) is 18.2. The molecule has 1 atom stereocenters. The highest BCUT2D eigenvalue weighted by atomic mass is 32.2. The molecule has 2 heterocycles. The first-order chi connectivity index (χ1) is 15.9. The summed E-state index contributed by atoms with van der Waals surface area (Å²) in [5, 5.41) is 12.3. The van der Waals surface area contributed by atoms with E-state index in [-0.39, 0.29) is 5.75 Å². The van der Waals surface area contributed by atoms with E-state index in [4.69, 9.17) is 9.72 Å². The van der Waals surface area contributed by atoms with Gasteiger partial charge in [-0.3, -0.25) is 4.57 Å². The molecule has 4 rings (SSSR count). The van der Waals surface area contributed by atoms with Crippen molar-refractivity contribution in [2.45, 2.75) is 37.4 Å². The Hall–Kier alpha value is -3.04. The first-order valence-electron chi connectivity index (χ1n) is 10.2. The molecule has 33 heavy (non-hydrogen) atoms. The molecule has 0 aliphatic rings. The van der Waals surface area contributed by atoms with Crippen molar-refractivity contribution >= 4 is 23.1 Å². The zero-order valence-corrected chi connectivity index (χ0v) is 19.8. The van der Waals surface area contributed by atoms with Gasteiger partial charge in [0.25, 0.3) is 0 Å². The maximum absolute atomic E-state index is 14.0. The number of hydrogen-bond acceptors (Lipinski definition) is 6. The second-order valence-electron chi connectivity index (χ2n) is 7.38. The molecule has 0 radical (unpaired) electrons. The fraction of sp³-hybridized carbons (Fsp3) is 0.208. The number of nitrogens with zero attached hydrogens (tertiary/aromatic N) is 4. The zero-order chi connectivity index (χ0) is 23.4. The molecule has 0 aliphatic heterocycles. The average molecular weight is 485 g/mol. The van der Waals surface area contributed by atoms with Gasteiger partial charge in [0.05, 0.1) is 5.69 Å². The first kappa shape index (κ1) is 23.1. The van der Waals surface area contributed by atoms with Gasteiger partial charge in [0.1, 0.15) is 10.8 Å². The molecule has 5 nitrogen and oxygen atoms in total. The van der Waals surface area contributed by atoms with Gasteiger partial charge < -0.3 is 4.74 Å². The van der Waals surface area contributed by atoms with Crippen molar-refractivity contribution in [3.8, 4) is 16.3 Å². The van der Waals surface area contributed by atoms with Gasteiger partial charge in [-0.1, -0.05) is 41.6 Å². The van der Waals surface area contributed by atoms with Crippen LogP contribution in [0.5, 0.6) is 5.75 Å². The van der Waals surface area contributed by atoms with Crippen LogP contribution >= 0.6 is 23.1 Å². The minimum absolute atomic E-state index is 0.0441. The van der Waals surface area contributed by atoms with Crippen LogP contribution in [-0.4, -0.2) is 19.7 Å². The third-order valence-electron chi connectivity index (χ3n) is 4.78. The quantitative estimate of drug-likeness (QED) is 0.198. The second-order valence-corrected chi connectivity index (χ2v) is 9.18. The van der Waals surface area contributed by atoms with Gasteiger partial charge in [-0.2, -0.15) is 0 Å². The summed E-state index contributed by atoms with van der Waals surface area (Å²) >= 11 is 3.12. The molecule has 9 heteroatoms. The SMILES string of the molecule is C=CCn1c(SCc2csc(-c3cccc(C)c3)n2)nnc1C(C)Oc1ccc(F)cc1F. The fourth-order valence-corrected chi connectivity index (χ4v) is 5.01. The predicted octanol–water partition coefficient (Wildman–Crippen LogP) is 6.61. The van der Waals surface area contributed by atoms with E-state index in [0.717, 1.165) is 28.4 Å². The highest BCUT2D eigenvalue weighted by Gasteiger charge is 2.21. The maximum Gasteiger partial charge on any atom is 0.192 e. The molecule has 0 saturated heterocycles. The molecule has 170 valence electrons. The molecule has 0 spiro atoms. The number of hydrogen-bond donors (Lipinski definition) is 0. The van der Waals surface area contributed by atoms with Gasteiger partial charge in [0.15, 0.2) is 28.7 Å². The summed E-state index contributed by atoms with van der Waals surface area (Å²) in [6.07, 6.45) is 1.14. The monoisotopic (exact) mass is 484 g/mol. The van der Waals surface area contributed by atoms with Crippen molar-refractivity contribution in [1.82, 2.24) is 19.7 Å². The lowest BCUT2D eigenvalue weighted by Gasteiger charge is -2.16. The normalized spacial score (nSPS) is 12.0. The average Bonchev–Trinajstić information content (AvgIpc) is 3.42. The van der Waals surface area contributed by atoms with Crippen LogP contribution in [0.2, 0.25) is 0 Å². The molecule has 1 unspecified atom stereocenters. The number of aromatic nitrogens is 4. The van der Waals surface area contributed by atoms with Crippen molar-refractivity contribution in [1.29, 1.82) is 0 Å². The molecule has 0 fully saturated rings. The number of aryl methyl sites for hydroxylation is 1. The van der Waals surface area contributed by atoms with E-state index in [2.05, 4.69) is 41.9 Å². The third kappa shape index (κ3) is 5.48. The van der Waals surface area contributed by atoms with Crippen molar-refractivity contribution in [3.63, 3.8) is 0 Å². The Morgan fingerprint density at radius 3 is 2.82 bits per heavy atom. The van der Waals surface area contributed by atoms with Crippen LogP contribution in [-0.2, 0) is 12.3 Å². The topological polar surface area (TPSA) is 52.8 Å². The van der Waals surface area contributed by atoms with Crippen molar-refractivity contribution in [2.75, 3.05) is 0 Å². The Balaban J connectivity index is 1.48. The smallest absolute Gasteiger partial charge is 0.192 e. The Kier molecular flexibility index (Phi) is 7.20. The summed E-state index contributed by atoms with van der Waals surface area (Å²) in [4.78, 5) is 4.75. The molecule has 0 saturated carbocycles. The first-order valence-corrected chi connectivity index (χ1v) is 12.1. The molecule has 2 aromatic heterocycles. The van der Waals surface area contributed by atoms with Crippen LogP contribution < -0.4 is 4.74 Å². The maximum atomic E-state index is 14.0. The number of ether oxygens (including phenoxy) is 1. The molecule has 4 aromatic rings. The number of benzene rings is 2. The van der Waals surface area contributed by atoms with Gasteiger partial charge in [-0.05, 0) is 32.0 Å². The predicted molar refractivity (Wildman–Crippen MR) is 127 cm³/mol. The summed E-state index contributed by atoms with van der Waals surface area (Å²) in [5.74, 6) is -0.315. The summed E-state index contributed by atoms with van der Waals surface area (Å²) in [7, 11) is 0. The minimum Gasteiger partial charge on any atom is -0.480 e. The lowest BCUT2D eigenvalue weighted by Crippen LogP contribution is -2.13. The van der Waals surface area contributed by atoms with Crippen LogP contribution in [0, 0.1) is 18.6 Å². The van der Waals surface area contributed by atoms with E-state index in [1.165, 1.54) is 23.4 Å². The lowest BCUT2D eigenvalue weighted by atomic mass is 10.1. The van der Waals surface area contributed by atoms with Crippen molar-refractivity contribution < 1.29 is 13.5 Å². The highest BCUT2D eigenvalue weighted by Crippen LogP contribution is 2.30. The van der Waals surface area contributed by atoms with Gasteiger partial charge in [0.2, 0.25) is 0 Å². The van der Waals surface area contributed by atoms with E-state index in [9.17, 15) is 8.78 Å². The Bertz CT molecular complexity index is 1270. The van der Waals surface area contributed by atoms with Gasteiger partial charge in [-0.15, -0.1) is 28.1 Å². The van der Waals surface area contributed by atoms with E-state index >= 15 is 0 Å². The highest BCUT2D eigenvalue weighted by molar-refractivity contribution is 7.98. The van der Waals surface area contributed by atoms with Gasteiger partial charge in [0, 0.05) is 29.3 Å². The second kappa shape index (κ2) is 10.3. The van der Waals surface area contributed by atoms with Crippen molar-refractivity contribution in [3.05, 3.63) is 89.2 Å². The summed E-state index contributed by atoms with van der Waals surface area (Å²) < 4.78 is 34.7. The van der Waals surface area contributed by atoms with E-state index < -0.39 is 17.7 Å². The molecule has 0 N–H and O–H groups in total. The largest absolute Gasteiger partial charge is 0.480 e. The van der Waals surface area contributed by atoms with Crippen LogP contribution in [0.25, 0.3) is 10.6 Å². The number of rotatable bonds is 9. The molecule has 2 aromatic carbocycles. The van der Waals surface area contributed by atoms with Crippen LogP contribution in [0.1, 0.15) is 30.1 Å². The number of halogens is 2. The Morgan fingerprint density at radius 1 is 1.21 bits per heavy atom. The van der Waals surface area contributed by atoms with E-state index in [1.807, 2.05) is 16.0 Å². The summed E-state index contributed by atoms with van der Waals surface area (Å²) in [6, 6.07) is 11.5. The molecular formula is C24H22F2N4OS2.